The number of rotatable bonds is 3. The van der Waals surface area contributed by atoms with Crippen LogP contribution in [0.4, 0.5) is 18.9 Å². The number of anilines is 1. The second kappa shape index (κ2) is 7.62. The van der Waals surface area contributed by atoms with E-state index in [-0.39, 0.29) is 12.1 Å². The van der Waals surface area contributed by atoms with Gasteiger partial charge in [-0.05, 0) is 24.3 Å². The monoisotopic (exact) mass is 499 g/mol. The number of hydrogen-bond donors (Lipinski definition) is 2. The van der Waals surface area contributed by atoms with Gasteiger partial charge in [-0.3, -0.25) is 19.0 Å². The number of aromatic amines is 1. The molecule has 1 aliphatic rings. The number of benzene rings is 2. The van der Waals surface area contributed by atoms with Crippen molar-refractivity contribution in [3.63, 3.8) is 0 Å². The quantitative estimate of drug-likeness (QED) is 0.530. The summed E-state index contributed by atoms with van der Waals surface area (Å²) in [4.78, 5) is 40.5. The van der Waals surface area contributed by atoms with Crippen LogP contribution in [0.15, 0.2) is 55.4 Å². The van der Waals surface area contributed by atoms with E-state index in [1.165, 1.54) is 34.5 Å². The van der Waals surface area contributed by atoms with Crippen LogP contribution in [0.2, 0.25) is 0 Å². The second-order valence-electron chi connectivity index (χ2n) is 6.69. The molecule has 1 aliphatic heterocycles. The van der Waals surface area contributed by atoms with Crippen molar-refractivity contribution < 1.29 is 18.0 Å². The summed E-state index contributed by atoms with van der Waals surface area (Å²) in [5.41, 5.74) is -2.02. The van der Waals surface area contributed by atoms with E-state index < -0.39 is 34.8 Å². The molecule has 0 saturated heterocycles. The molecule has 6 nitrogen and oxygen atoms in total. The standard InChI is InChI=1S/C19H13BrF3N3O3S/c20-9-5-13-16-14(6-9)30-8-10(26(16)18(29)17(28)25-13)7-15(27)24-12-4-2-1-3-11(12)19(21,22)23/h1-6,10H,7-8H2,(H,24,27)(H,25,28). The lowest BCUT2D eigenvalue weighted by molar-refractivity contribution is -0.137. The summed E-state index contributed by atoms with van der Waals surface area (Å²) in [6.45, 7) is 0. The Kier molecular flexibility index (Phi) is 5.27. The Hall–Kier alpha value is -2.53. The molecular weight excluding hydrogens is 487 g/mol. The van der Waals surface area contributed by atoms with Gasteiger partial charge in [-0.1, -0.05) is 28.1 Å². The second-order valence-corrected chi connectivity index (χ2v) is 8.67. The number of para-hydroxylation sites is 1. The Bertz CT molecular complexity index is 1290. The molecule has 0 bridgehead atoms. The van der Waals surface area contributed by atoms with E-state index in [4.69, 9.17) is 0 Å². The number of nitrogens with zero attached hydrogens (tertiary/aromatic N) is 1. The maximum Gasteiger partial charge on any atom is 0.418 e. The summed E-state index contributed by atoms with van der Waals surface area (Å²) in [6, 6.07) is 7.44. The van der Waals surface area contributed by atoms with Gasteiger partial charge in [-0.2, -0.15) is 13.2 Å². The van der Waals surface area contributed by atoms with Crippen molar-refractivity contribution in [1.29, 1.82) is 0 Å². The van der Waals surface area contributed by atoms with Gasteiger partial charge >= 0.3 is 17.3 Å². The van der Waals surface area contributed by atoms with Crippen molar-refractivity contribution in [3.8, 4) is 0 Å². The predicted molar refractivity (Wildman–Crippen MR) is 111 cm³/mol. The first kappa shape index (κ1) is 20.7. The van der Waals surface area contributed by atoms with Crippen LogP contribution in [-0.4, -0.2) is 21.2 Å². The molecule has 1 atom stereocenters. The Labute approximate surface area is 179 Å². The highest BCUT2D eigenvalue weighted by molar-refractivity contribution is 9.10. The number of aromatic nitrogens is 2. The summed E-state index contributed by atoms with van der Waals surface area (Å²) in [7, 11) is 0. The van der Waals surface area contributed by atoms with Gasteiger partial charge in [0.1, 0.15) is 0 Å². The van der Waals surface area contributed by atoms with E-state index in [1.54, 1.807) is 12.1 Å². The number of amides is 1. The highest BCUT2D eigenvalue weighted by atomic mass is 79.9. The van der Waals surface area contributed by atoms with Crippen LogP contribution in [0.5, 0.6) is 0 Å². The molecule has 1 aromatic heterocycles. The third kappa shape index (κ3) is 3.79. The van der Waals surface area contributed by atoms with Gasteiger partial charge in [-0.15, -0.1) is 11.8 Å². The van der Waals surface area contributed by atoms with Crippen molar-refractivity contribution in [3.05, 3.63) is 67.1 Å². The molecule has 11 heteroatoms. The molecule has 0 spiro atoms. The summed E-state index contributed by atoms with van der Waals surface area (Å²) in [5, 5.41) is 2.29. The van der Waals surface area contributed by atoms with Crippen molar-refractivity contribution in [2.45, 2.75) is 23.5 Å². The van der Waals surface area contributed by atoms with E-state index in [1.807, 2.05) is 0 Å². The molecule has 2 heterocycles. The highest BCUT2D eigenvalue weighted by Gasteiger charge is 2.34. The normalized spacial score (nSPS) is 15.9. The van der Waals surface area contributed by atoms with Gasteiger partial charge in [0.25, 0.3) is 0 Å². The van der Waals surface area contributed by atoms with E-state index in [0.29, 0.717) is 16.8 Å². The first-order valence-corrected chi connectivity index (χ1v) is 10.5. The molecule has 3 aromatic rings. The van der Waals surface area contributed by atoms with Crippen LogP contribution < -0.4 is 16.4 Å². The molecule has 30 heavy (non-hydrogen) atoms. The Morgan fingerprint density at radius 3 is 2.73 bits per heavy atom. The zero-order valence-electron chi connectivity index (χ0n) is 15.0. The SMILES string of the molecule is O=C(CC1CSc2cc(Br)cc3[nH]c(=O)c(=O)n1c23)Nc1ccccc1C(F)(F)F. The minimum absolute atomic E-state index is 0.257. The molecule has 0 fully saturated rings. The smallest absolute Gasteiger partial charge is 0.325 e. The van der Waals surface area contributed by atoms with Crippen molar-refractivity contribution in [1.82, 2.24) is 9.55 Å². The molecule has 2 aromatic carbocycles. The predicted octanol–water partition coefficient (Wildman–Crippen LogP) is 4.15. The molecule has 0 saturated carbocycles. The van der Waals surface area contributed by atoms with E-state index in [2.05, 4.69) is 26.2 Å². The molecular formula is C19H13BrF3N3O3S. The number of H-pyrrole nitrogens is 1. The zero-order valence-corrected chi connectivity index (χ0v) is 17.5. The molecule has 0 radical (unpaired) electrons. The van der Waals surface area contributed by atoms with Gasteiger partial charge in [0, 0.05) is 21.5 Å². The summed E-state index contributed by atoms with van der Waals surface area (Å²) in [5.74, 6) is -0.367. The molecule has 156 valence electrons. The maximum absolute atomic E-state index is 13.2. The number of alkyl halides is 3. The van der Waals surface area contributed by atoms with Crippen molar-refractivity contribution in [2.24, 2.45) is 0 Å². The van der Waals surface area contributed by atoms with E-state index in [9.17, 15) is 27.6 Å². The van der Waals surface area contributed by atoms with E-state index in [0.717, 1.165) is 15.4 Å². The van der Waals surface area contributed by atoms with Crippen LogP contribution >= 0.6 is 27.7 Å². The van der Waals surface area contributed by atoms with Crippen LogP contribution in [0.25, 0.3) is 11.0 Å². The lowest BCUT2D eigenvalue weighted by Crippen LogP contribution is -2.41. The van der Waals surface area contributed by atoms with Crippen LogP contribution in [0, 0.1) is 0 Å². The maximum atomic E-state index is 13.2. The van der Waals surface area contributed by atoms with Gasteiger partial charge in [0.2, 0.25) is 5.91 Å². The number of carbonyl (C=O) groups excluding carboxylic acids is 1. The third-order valence-corrected chi connectivity index (χ3v) is 6.30. The summed E-state index contributed by atoms with van der Waals surface area (Å²) < 4.78 is 41.5. The Balaban J connectivity index is 1.69. The molecule has 1 amide bonds. The van der Waals surface area contributed by atoms with E-state index >= 15 is 0 Å². The largest absolute Gasteiger partial charge is 0.418 e. The Morgan fingerprint density at radius 1 is 1.27 bits per heavy atom. The number of thioether (sulfide) groups is 1. The molecule has 4 rings (SSSR count). The lowest BCUT2D eigenvalue weighted by Gasteiger charge is -2.27. The van der Waals surface area contributed by atoms with Gasteiger partial charge in [-0.25, -0.2) is 0 Å². The van der Waals surface area contributed by atoms with Crippen LogP contribution in [0.1, 0.15) is 18.0 Å². The fourth-order valence-electron chi connectivity index (χ4n) is 3.43. The molecule has 2 N–H and O–H groups in total. The minimum atomic E-state index is -4.62. The van der Waals surface area contributed by atoms with Crippen LogP contribution in [0.3, 0.4) is 0 Å². The summed E-state index contributed by atoms with van der Waals surface area (Å²) >= 11 is 4.75. The molecule has 1 unspecified atom stereocenters. The van der Waals surface area contributed by atoms with Crippen molar-refractivity contribution in [2.75, 3.05) is 11.1 Å². The van der Waals surface area contributed by atoms with Gasteiger partial charge in [0.05, 0.1) is 28.3 Å². The lowest BCUT2D eigenvalue weighted by atomic mass is 10.1. The minimum Gasteiger partial charge on any atom is -0.325 e. The number of hydrogen-bond acceptors (Lipinski definition) is 4. The van der Waals surface area contributed by atoms with Gasteiger partial charge < -0.3 is 10.3 Å². The van der Waals surface area contributed by atoms with Crippen molar-refractivity contribution >= 4 is 50.3 Å². The Morgan fingerprint density at radius 2 is 2.00 bits per heavy atom. The topological polar surface area (TPSA) is 84.0 Å². The fraction of sp³-hybridized carbons (Fsp3) is 0.211. The first-order valence-electron chi connectivity index (χ1n) is 8.72. The zero-order chi connectivity index (χ0) is 21.6. The first-order chi connectivity index (χ1) is 14.1. The van der Waals surface area contributed by atoms with Gasteiger partial charge in [0.15, 0.2) is 0 Å². The van der Waals surface area contributed by atoms with Crippen LogP contribution in [-0.2, 0) is 11.0 Å². The summed E-state index contributed by atoms with van der Waals surface area (Å²) in [6.07, 6.45) is -4.88. The fourth-order valence-corrected chi connectivity index (χ4v) is 5.23. The average molecular weight is 500 g/mol. The number of carbonyl (C=O) groups is 1. The number of halogens is 4. The highest BCUT2D eigenvalue weighted by Crippen LogP contribution is 2.38. The third-order valence-electron chi connectivity index (χ3n) is 4.67. The molecule has 0 aliphatic carbocycles. The number of nitrogens with one attached hydrogen (secondary N) is 2. The average Bonchev–Trinajstić information content (AvgIpc) is 2.66.